The number of carbonyl (C=O) groups excluding carboxylic acids is 1. The topological polar surface area (TPSA) is 47.6 Å². The van der Waals surface area contributed by atoms with Crippen LogP contribution in [-0.2, 0) is 14.3 Å². The number of rotatable bonds is 5. The lowest BCUT2D eigenvalue weighted by molar-refractivity contribution is -0.150. The van der Waals surface area contributed by atoms with E-state index in [2.05, 4.69) is 17.0 Å². The van der Waals surface area contributed by atoms with Gasteiger partial charge in [0.25, 0.3) is 0 Å². The standard InChI is InChI=1S/C9H17NO3.C2H6/c1-3-4-10-9(6-13-7-9)5-8(11)12-2;1-2/h10H,3-7H2,1-2H3;1-2H3. The second kappa shape index (κ2) is 7.65. The van der Waals surface area contributed by atoms with Gasteiger partial charge in [-0.1, -0.05) is 20.8 Å². The minimum Gasteiger partial charge on any atom is -0.469 e. The van der Waals surface area contributed by atoms with Gasteiger partial charge in [0.2, 0.25) is 0 Å². The average Bonchev–Trinajstić information content (AvgIpc) is 2.24. The molecule has 4 nitrogen and oxygen atoms in total. The van der Waals surface area contributed by atoms with Crippen molar-refractivity contribution in [2.24, 2.45) is 0 Å². The predicted molar refractivity (Wildman–Crippen MR) is 59.8 cm³/mol. The summed E-state index contributed by atoms with van der Waals surface area (Å²) >= 11 is 0. The van der Waals surface area contributed by atoms with E-state index >= 15 is 0 Å². The average molecular weight is 217 g/mol. The summed E-state index contributed by atoms with van der Waals surface area (Å²) in [5.74, 6) is -0.174. The zero-order chi connectivity index (χ0) is 11.7. The molecule has 1 rings (SSSR count). The van der Waals surface area contributed by atoms with Crippen LogP contribution >= 0.6 is 0 Å². The van der Waals surface area contributed by atoms with Gasteiger partial charge in [0.1, 0.15) is 0 Å². The van der Waals surface area contributed by atoms with Gasteiger partial charge in [0, 0.05) is 0 Å². The summed E-state index contributed by atoms with van der Waals surface area (Å²) in [5, 5.41) is 3.32. The lowest BCUT2D eigenvalue weighted by Gasteiger charge is -2.41. The van der Waals surface area contributed by atoms with Crippen molar-refractivity contribution < 1.29 is 14.3 Å². The van der Waals surface area contributed by atoms with Crippen LogP contribution in [0.15, 0.2) is 0 Å². The molecule has 1 N–H and O–H groups in total. The van der Waals surface area contributed by atoms with Gasteiger partial charge >= 0.3 is 5.97 Å². The molecule has 0 atom stereocenters. The summed E-state index contributed by atoms with van der Waals surface area (Å²) in [5.41, 5.74) is -0.150. The van der Waals surface area contributed by atoms with E-state index in [1.807, 2.05) is 13.8 Å². The Morgan fingerprint density at radius 2 is 2.07 bits per heavy atom. The third-order valence-electron chi connectivity index (χ3n) is 2.22. The Balaban J connectivity index is 0.000000921. The lowest BCUT2D eigenvalue weighted by atomic mass is 9.93. The first-order valence-electron chi connectivity index (χ1n) is 5.62. The Morgan fingerprint density at radius 1 is 1.47 bits per heavy atom. The first-order chi connectivity index (χ1) is 7.22. The molecule has 0 aliphatic carbocycles. The Bertz CT molecular complexity index is 179. The van der Waals surface area contributed by atoms with Crippen molar-refractivity contribution in [3.8, 4) is 0 Å². The second-order valence-corrected chi connectivity index (χ2v) is 3.45. The Morgan fingerprint density at radius 3 is 2.40 bits per heavy atom. The Hall–Kier alpha value is -0.610. The normalized spacial score (nSPS) is 17.1. The lowest BCUT2D eigenvalue weighted by Crippen LogP contribution is -2.61. The summed E-state index contributed by atoms with van der Waals surface area (Å²) in [6.45, 7) is 8.24. The van der Waals surface area contributed by atoms with Crippen molar-refractivity contribution in [1.29, 1.82) is 0 Å². The quantitative estimate of drug-likeness (QED) is 0.706. The molecule has 1 aliphatic heterocycles. The molecule has 0 amide bonds. The molecule has 0 radical (unpaired) electrons. The smallest absolute Gasteiger partial charge is 0.307 e. The molecule has 0 spiro atoms. The molecule has 1 fully saturated rings. The van der Waals surface area contributed by atoms with Crippen molar-refractivity contribution >= 4 is 5.97 Å². The molecule has 0 saturated carbocycles. The highest BCUT2D eigenvalue weighted by atomic mass is 16.5. The maximum absolute atomic E-state index is 11.1. The van der Waals surface area contributed by atoms with E-state index in [0.29, 0.717) is 19.6 Å². The van der Waals surface area contributed by atoms with E-state index in [1.165, 1.54) is 7.11 Å². The number of hydrogen-bond acceptors (Lipinski definition) is 4. The summed E-state index contributed by atoms with van der Waals surface area (Å²) in [4.78, 5) is 11.1. The number of esters is 1. The maximum atomic E-state index is 11.1. The van der Waals surface area contributed by atoms with Crippen LogP contribution in [0.3, 0.4) is 0 Å². The molecule has 0 aromatic heterocycles. The predicted octanol–water partition coefficient (Wildman–Crippen LogP) is 1.34. The van der Waals surface area contributed by atoms with E-state index in [1.54, 1.807) is 0 Å². The van der Waals surface area contributed by atoms with Crippen molar-refractivity contribution in [3.63, 3.8) is 0 Å². The molecular weight excluding hydrogens is 194 g/mol. The van der Waals surface area contributed by atoms with Crippen molar-refractivity contribution in [2.75, 3.05) is 26.9 Å². The maximum Gasteiger partial charge on any atom is 0.307 e. The minimum atomic E-state index is -0.174. The zero-order valence-electron chi connectivity index (χ0n) is 10.3. The highest BCUT2D eigenvalue weighted by molar-refractivity contribution is 5.71. The highest BCUT2D eigenvalue weighted by Gasteiger charge is 2.40. The van der Waals surface area contributed by atoms with Crippen molar-refractivity contribution in [3.05, 3.63) is 0 Å². The van der Waals surface area contributed by atoms with Crippen LogP contribution in [0.25, 0.3) is 0 Å². The molecule has 4 heteroatoms. The van der Waals surface area contributed by atoms with Crippen LogP contribution in [0.5, 0.6) is 0 Å². The molecule has 1 aliphatic rings. The minimum absolute atomic E-state index is 0.150. The van der Waals surface area contributed by atoms with Crippen LogP contribution in [0, 0.1) is 0 Å². The Kier molecular flexibility index (Phi) is 7.34. The molecule has 0 unspecified atom stereocenters. The van der Waals surface area contributed by atoms with Crippen LogP contribution in [0.4, 0.5) is 0 Å². The molecule has 15 heavy (non-hydrogen) atoms. The first-order valence-corrected chi connectivity index (χ1v) is 5.62. The van der Waals surface area contributed by atoms with Gasteiger partial charge in [-0.15, -0.1) is 0 Å². The fraction of sp³-hybridized carbons (Fsp3) is 0.909. The van der Waals surface area contributed by atoms with Gasteiger partial charge in [-0.3, -0.25) is 4.79 Å². The fourth-order valence-corrected chi connectivity index (χ4v) is 1.35. The van der Waals surface area contributed by atoms with Gasteiger partial charge in [0.15, 0.2) is 0 Å². The number of carbonyl (C=O) groups is 1. The number of nitrogens with one attached hydrogen (secondary N) is 1. The highest BCUT2D eigenvalue weighted by Crippen LogP contribution is 2.21. The van der Waals surface area contributed by atoms with E-state index in [0.717, 1.165) is 13.0 Å². The van der Waals surface area contributed by atoms with Crippen LogP contribution in [-0.4, -0.2) is 38.4 Å². The van der Waals surface area contributed by atoms with Gasteiger partial charge in [-0.05, 0) is 13.0 Å². The van der Waals surface area contributed by atoms with E-state index in [9.17, 15) is 4.79 Å². The number of hydrogen-bond donors (Lipinski definition) is 1. The van der Waals surface area contributed by atoms with Crippen LogP contribution < -0.4 is 5.32 Å². The Labute approximate surface area is 92.3 Å². The molecule has 0 bridgehead atoms. The molecule has 0 aromatic rings. The molecule has 1 heterocycles. The van der Waals surface area contributed by atoms with Gasteiger partial charge in [-0.2, -0.15) is 0 Å². The third kappa shape index (κ3) is 4.62. The molecule has 0 aromatic carbocycles. The summed E-state index contributed by atoms with van der Waals surface area (Å²) < 4.78 is 9.74. The summed E-state index contributed by atoms with van der Waals surface area (Å²) in [7, 11) is 1.41. The van der Waals surface area contributed by atoms with E-state index < -0.39 is 0 Å². The van der Waals surface area contributed by atoms with Gasteiger partial charge in [-0.25, -0.2) is 0 Å². The summed E-state index contributed by atoms with van der Waals surface area (Å²) in [6, 6.07) is 0. The fourth-order valence-electron chi connectivity index (χ4n) is 1.35. The molecule has 90 valence electrons. The van der Waals surface area contributed by atoms with Gasteiger partial charge < -0.3 is 14.8 Å². The van der Waals surface area contributed by atoms with Crippen molar-refractivity contribution in [1.82, 2.24) is 5.32 Å². The third-order valence-corrected chi connectivity index (χ3v) is 2.22. The van der Waals surface area contributed by atoms with E-state index in [-0.39, 0.29) is 11.5 Å². The number of methoxy groups -OCH3 is 1. The monoisotopic (exact) mass is 217 g/mol. The zero-order valence-corrected chi connectivity index (χ0v) is 10.3. The van der Waals surface area contributed by atoms with Gasteiger partial charge in [0.05, 0.1) is 32.3 Å². The SMILES string of the molecule is CC.CCCNC1(CC(=O)OC)COC1. The second-order valence-electron chi connectivity index (χ2n) is 3.45. The van der Waals surface area contributed by atoms with E-state index in [4.69, 9.17) is 4.74 Å². The molecular formula is C11H23NO3. The molecule has 1 saturated heterocycles. The largest absolute Gasteiger partial charge is 0.469 e. The number of ether oxygens (including phenoxy) is 2. The van der Waals surface area contributed by atoms with Crippen molar-refractivity contribution in [2.45, 2.75) is 39.2 Å². The first kappa shape index (κ1) is 14.4. The summed E-state index contributed by atoms with van der Waals surface area (Å²) in [6.07, 6.45) is 1.46. The van der Waals surface area contributed by atoms with Crippen LogP contribution in [0.1, 0.15) is 33.6 Å². The van der Waals surface area contributed by atoms with Crippen LogP contribution in [0.2, 0.25) is 0 Å².